The number of aromatic nitrogens is 1. The molecular weight excluding hydrogens is 208 g/mol. The number of hydrogen-bond acceptors (Lipinski definition) is 4. The maximum atomic E-state index is 5.55. The van der Waals surface area contributed by atoms with E-state index < -0.39 is 0 Å². The van der Waals surface area contributed by atoms with Crippen LogP contribution in [0.1, 0.15) is 31.7 Å². The SMILES string of the molecule is CCC(NC)C(C)Sc1nc(C)c(C)o1. The van der Waals surface area contributed by atoms with Gasteiger partial charge in [0.05, 0.1) is 5.69 Å². The van der Waals surface area contributed by atoms with Gasteiger partial charge in [-0.3, -0.25) is 0 Å². The third kappa shape index (κ3) is 3.24. The minimum atomic E-state index is 0.470. The van der Waals surface area contributed by atoms with Crippen molar-refractivity contribution in [3.8, 4) is 0 Å². The molecule has 0 aliphatic rings. The lowest BCUT2D eigenvalue weighted by molar-refractivity contribution is 0.428. The molecule has 0 aliphatic carbocycles. The molecule has 0 bridgehead atoms. The average Bonchev–Trinajstić information content (AvgIpc) is 2.47. The molecule has 1 aromatic heterocycles. The first-order valence-corrected chi connectivity index (χ1v) is 6.24. The van der Waals surface area contributed by atoms with Gasteiger partial charge >= 0.3 is 0 Å². The van der Waals surface area contributed by atoms with Crippen LogP contribution in [0.4, 0.5) is 0 Å². The van der Waals surface area contributed by atoms with Crippen molar-refractivity contribution >= 4 is 11.8 Å². The summed E-state index contributed by atoms with van der Waals surface area (Å²) in [5.74, 6) is 0.919. The molecule has 1 N–H and O–H groups in total. The van der Waals surface area contributed by atoms with Gasteiger partial charge in [-0.25, -0.2) is 4.98 Å². The Morgan fingerprint density at radius 3 is 2.53 bits per heavy atom. The van der Waals surface area contributed by atoms with E-state index in [-0.39, 0.29) is 0 Å². The van der Waals surface area contributed by atoms with E-state index in [9.17, 15) is 0 Å². The van der Waals surface area contributed by atoms with Crippen LogP contribution in [0.2, 0.25) is 0 Å². The van der Waals surface area contributed by atoms with Crippen molar-refractivity contribution in [1.29, 1.82) is 0 Å². The largest absolute Gasteiger partial charge is 0.437 e. The highest BCUT2D eigenvalue weighted by molar-refractivity contribution is 7.99. The third-order valence-corrected chi connectivity index (χ3v) is 3.75. The lowest BCUT2D eigenvalue weighted by Crippen LogP contribution is -2.33. The molecule has 86 valence electrons. The molecule has 0 radical (unpaired) electrons. The highest BCUT2D eigenvalue weighted by atomic mass is 32.2. The lowest BCUT2D eigenvalue weighted by Gasteiger charge is -2.19. The Balaban J connectivity index is 2.61. The number of nitrogens with one attached hydrogen (secondary N) is 1. The van der Waals surface area contributed by atoms with Crippen molar-refractivity contribution in [2.24, 2.45) is 0 Å². The normalized spacial score (nSPS) is 15.3. The van der Waals surface area contributed by atoms with Crippen LogP contribution in [0.15, 0.2) is 9.64 Å². The Morgan fingerprint density at radius 1 is 1.47 bits per heavy atom. The van der Waals surface area contributed by atoms with Crippen LogP contribution < -0.4 is 5.32 Å². The minimum absolute atomic E-state index is 0.470. The zero-order chi connectivity index (χ0) is 11.4. The van der Waals surface area contributed by atoms with E-state index >= 15 is 0 Å². The van der Waals surface area contributed by atoms with Crippen molar-refractivity contribution in [1.82, 2.24) is 10.3 Å². The van der Waals surface area contributed by atoms with Gasteiger partial charge in [-0.2, -0.15) is 0 Å². The van der Waals surface area contributed by atoms with Gasteiger partial charge in [0, 0.05) is 11.3 Å². The van der Waals surface area contributed by atoms with Crippen LogP contribution >= 0.6 is 11.8 Å². The number of aryl methyl sites for hydroxylation is 2. The van der Waals surface area contributed by atoms with Gasteiger partial charge in [0.1, 0.15) is 5.76 Å². The van der Waals surface area contributed by atoms with Crippen LogP contribution in [0, 0.1) is 13.8 Å². The third-order valence-electron chi connectivity index (χ3n) is 2.67. The molecule has 0 saturated heterocycles. The average molecular weight is 228 g/mol. The van der Waals surface area contributed by atoms with Crippen LogP contribution in [-0.4, -0.2) is 23.3 Å². The van der Waals surface area contributed by atoms with Gasteiger partial charge in [-0.05, 0) is 27.3 Å². The van der Waals surface area contributed by atoms with Gasteiger partial charge in [-0.15, -0.1) is 0 Å². The van der Waals surface area contributed by atoms with E-state index in [2.05, 4.69) is 24.1 Å². The zero-order valence-corrected chi connectivity index (χ0v) is 10.9. The highest BCUT2D eigenvalue weighted by Crippen LogP contribution is 2.26. The Kier molecular flexibility index (Phi) is 4.67. The summed E-state index contributed by atoms with van der Waals surface area (Å²) in [6.45, 7) is 8.31. The summed E-state index contributed by atoms with van der Waals surface area (Å²) in [6, 6.07) is 0.502. The molecule has 1 heterocycles. The van der Waals surface area contributed by atoms with Crippen molar-refractivity contribution in [3.05, 3.63) is 11.5 Å². The fourth-order valence-corrected chi connectivity index (χ4v) is 2.68. The first-order valence-electron chi connectivity index (χ1n) is 5.36. The molecule has 0 aliphatic heterocycles. The summed E-state index contributed by atoms with van der Waals surface area (Å²) in [6.07, 6.45) is 1.11. The molecule has 0 amide bonds. The second-order valence-electron chi connectivity index (χ2n) is 3.75. The first-order chi connectivity index (χ1) is 7.08. The molecule has 1 rings (SSSR count). The molecule has 15 heavy (non-hydrogen) atoms. The van der Waals surface area contributed by atoms with Gasteiger partial charge < -0.3 is 9.73 Å². The smallest absolute Gasteiger partial charge is 0.256 e. The predicted octanol–water partition coefficient (Wildman–Crippen LogP) is 2.77. The molecule has 0 spiro atoms. The topological polar surface area (TPSA) is 38.1 Å². The number of thioether (sulfide) groups is 1. The van der Waals surface area contributed by atoms with Crippen molar-refractivity contribution in [2.45, 2.75) is 50.6 Å². The number of oxazole rings is 1. The zero-order valence-electron chi connectivity index (χ0n) is 10.1. The number of hydrogen-bond donors (Lipinski definition) is 1. The number of nitrogens with zero attached hydrogens (tertiary/aromatic N) is 1. The Morgan fingerprint density at radius 2 is 2.13 bits per heavy atom. The quantitative estimate of drug-likeness (QED) is 0.786. The second kappa shape index (κ2) is 5.56. The standard InChI is InChI=1S/C11H20N2OS/c1-6-10(12-5)9(4)15-11-13-7(2)8(3)14-11/h9-10,12H,6H2,1-5H3. The Hall–Kier alpha value is -0.480. The Bertz CT molecular complexity index is 288. The van der Waals surface area contributed by atoms with Gasteiger partial charge in [0.2, 0.25) is 0 Å². The van der Waals surface area contributed by atoms with E-state index in [1.807, 2.05) is 20.9 Å². The molecule has 2 unspecified atom stereocenters. The maximum Gasteiger partial charge on any atom is 0.256 e. The van der Waals surface area contributed by atoms with E-state index in [1.165, 1.54) is 0 Å². The summed E-state index contributed by atoms with van der Waals surface area (Å²) in [7, 11) is 2.00. The fraction of sp³-hybridized carbons (Fsp3) is 0.727. The first kappa shape index (κ1) is 12.6. The highest BCUT2D eigenvalue weighted by Gasteiger charge is 2.17. The van der Waals surface area contributed by atoms with Crippen LogP contribution in [0.3, 0.4) is 0 Å². The van der Waals surface area contributed by atoms with Crippen LogP contribution in [0.25, 0.3) is 0 Å². The second-order valence-corrected chi connectivity index (χ2v) is 5.08. The minimum Gasteiger partial charge on any atom is -0.437 e. The monoisotopic (exact) mass is 228 g/mol. The summed E-state index contributed by atoms with van der Waals surface area (Å²) in [5.41, 5.74) is 0.988. The van der Waals surface area contributed by atoms with Gasteiger partial charge in [0.15, 0.2) is 0 Å². The molecule has 1 aromatic rings. The maximum absolute atomic E-state index is 5.55. The van der Waals surface area contributed by atoms with E-state index in [0.717, 1.165) is 23.1 Å². The van der Waals surface area contributed by atoms with Crippen LogP contribution in [-0.2, 0) is 0 Å². The molecule has 4 heteroatoms. The summed E-state index contributed by atoms with van der Waals surface area (Å²) in [4.78, 5) is 4.37. The lowest BCUT2D eigenvalue weighted by atomic mass is 10.2. The molecule has 0 aromatic carbocycles. The molecular formula is C11H20N2OS. The molecule has 2 atom stereocenters. The van der Waals surface area contributed by atoms with Crippen molar-refractivity contribution in [3.63, 3.8) is 0 Å². The fourth-order valence-electron chi connectivity index (χ4n) is 1.51. The summed E-state index contributed by atoms with van der Waals surface area (Å²) in [5, 5.41) is 4.56. The predicted molar refractivity (Wildman–Crippen MR) is 64.4 cm³/mol. The van der Waals surface area contributed by atoms with Gasteiger partial charge in [-0.1, -0.05) is 25.6 Å². The number of rotatable bonds is 5. The van der Waals surface area contributed by atoms with Crippen LogP contribution in [0.5, 0.6) is 0 Å². The van der Waals surface area contributed by atoms with Crippen molar-refractivity contribution < 1.29 is 4.42 Å². The van der Waals surface area contributed by atoms with Crippen molar-refractivity contribution in [2.75, 3.05) is 7.05 Å². The molecule has 0 fully saturated rings. The van der Waals surface area contributed by atoms with E-state index in [1.54, 1.807) is 11.8 Å². The van der Waals surface area contributed by atoms with E-state index in [4.69, 9.17) is 4.42 Å². The summed E-state index contributed by atoms with van der Waals surface area (Å²) >= 11 is 1.70. The van der Waals surface area contributed by atoms with Gasteiger partial charge in [0.25, 0.3) is 5.22 Å². The molecule has 0 saturated carbocycles. The Labute approximate surface area is 96.0 Å². The molecule has 3 nitrogen and oxygen atoms in total. The van der Waals surface area contributed by atoms with E-state index in [0.29, 0.717) is 11.3 Å². The summed E-state index contributed by atoms with van der Waals surface area (Å²) < 4.78 is 5.55.